The van der Waals surface area contributed by atoms with Gasteiger partial charge in [-0.25, -0.2) is 4.98 Å². The van der Waals surface area contributed by atoms with E-state index in [-0.39, 0.29) is 12.5 Å². The topological polar surface area (TPSA) is 48.4 Å². The van der Waals surface area contributed by atoms with Crippen LogP contribution in [0.3, 0.4) is 0 Å². The molecule has 27 heavy (non-hydrogen) atoms. The summed E-state index contributed by atoms with van der Waals surface area (Å²) in [6, 6.07) is 15.1. The number of aliphatic hydroxyl groups is 1. The number of nitrogens with zero attached hydrogens (tertiary/aromatic N) is 2. The fraction of sp³-hybridized carbons (Fsp3) is 0.381. The zero-order valence-electron chi connectivity index (χ0n) is 15.3. The van der Waals surface area contributed by atoms with Crippen LogP contribution in [0.2, 0.25) is 0 Å². The largest absolute Gasteiger partial charge is 0.396 e. The molecule has 0 amide bonds. The molecule has 1 saturated heterocycles. The SMILES string of the molecule is OCC1CN(Cc2ccccc2)CCC1NCc1csc(-c2cccs2)n1. The van der Waals surface area contributed by atoms with Crippen LogP contribution in [0, 0.1) is 5.92 Å². The van der Waals surface area contributed by atoms with Crippen molar-refractivity contribution in [2.24, 2.45) is 5.92 Å². The molecule has 2 aromatic heterocycles. The number of thiophene rings is 1. The molecule has 6 heteroatoms. The molecule has 2 unspecified atom stereocenters. The van der Waals surface area contributed by atoms with Crippen LogP contribution in [-0.2, 0) is 13.1 Å². The summed E-state index contributed by atoms with van der Waals surface area (Å²) in [6.07, 6.45) is 1.06. The van der Waals surface area contributed by atoms with Gasteiger partial charge in [0, 0.05) is 43.6 Å². The van der Waals surface area contributed by atoms with Crippen molar-refractivity contribution < 1.29 is 5.11 Å². The van der Waals surface area contributed by atoms with Crippen molar-refractivity contribution in [2.45, 2.75) is 25.6 Å². The number of nitrogens with one attached hydrogen (secondary N) is 1. The highest BCUT2D eigenvalue weighted by molar-refractivity contribution is 7.20. The Balaban J connectivity index is 1.30. The van der Waals surface area contributed by atoms with E-state index in [0.717, 1.165) is 43.3 Å². The maximum atomic E-state index is 9.89. The number of benzene rings is 1. The van der Waals surface area contributed by atoms with Gasteiger partial charge in [0.15, 0.2) is 0 Å². The second kappa shape index (κ2) is 9.08. The smallest absolute Gasteiger partial charge is 0.133 e. The van der Waals surface area contributed by atoms with Crippen LogP contribution in [0.15, 0.2) is 53.2 Å². The Hall–Kier alpha value is -1.57. The van der Waals surface area contributed by atoms with Crippen molar-refractivity contribution in [1.29, 1.82) is 0 Å². The fourth-order valence-electron chi connectivity index (χ4n) is 3.68. The van der Waals surface area contributed by atoms with Gasteiger partial charge in [0.25, 0.3) is 0 Å². The van der Waals surface area contributed by atoms with E-state index in [4.69, 9.17) is 4.98 Å². The molecular weight excluding hydrogens is 374 g/mol. The highest BCUT2D eigenvalue weighted by Crippen LogP contribution is 2.28. The third kappa shape index (κ3) is 4.83. The van der Waals surface area contributed by atoms with E-state index >= 15 is 0 Å². The molecule has 2 N–H and O–H groups in total. The molecule has 142 valence electrons. The minimum Gasteiger partial charge on any atom is -0.396 e. The lowest BCUT2D eigenvalue weighted by molar-refractivity contribution is 0.0848. The first kappa shape index (κ1) is 18.8. The lowest BCUT2D eigenvalue weighted by Gasteiger charge is -2.38. The Kier molecular flexibility index (Phi) is 6.32. The monoisotopic (exact) mass is 399 g/mol. The summed E-state index contributed by atoms with van der Waals surface area (Å²) >= 11 is 3.43. The van der Waals surface area contributed by atoms with Gasteiger partial charge < -0.3 is 10.4 Å². The van der Waals surface area contributed by atoms with Crippen LogP contribution in [0.25, 0.3) is 9.88 Å². The Labute approximate surface area is 168 Å². The Morgan fingerprint density at radius 3 is 2.81 bits per heavy atom. The molecule has 0 spiro atoms. The summed E-state index contributed by atoms with van der Waals surface area (Å²) in [5, 5.41) is 18.9. The zero-order chi connectivity index (χ0) is 18.5. The highest BCUT2D eigenvalue weighted by Gasteiger charge is 2.28. The summed E-state index contributed by atoms with van der Waals surface area (Å²) in [7, 11) is 0. The molecule has 0 bridgehead atoms. The minimum atomic E-state index is 0.223. The average molecular weight is 400 g/mol. The quantitative estimate of drug-likeness (QED) is 0.634. The summed E-state index contributed by atoms with van der Waals surface area (Å²) < 4.78 is 0. The second-order valence-corrected chi connectivity index (χ2v) is 8.87. The van der Waals surface area contributed by atoms with Crippen molar-refractivity contribution >= 4 is 22.7 Å². The zero-order valence-corrected chi connectivity index (χ0v) is 16.9. The van der Waals surface area contributed by atoms with E-state index in [1.54, 1.807) is 22.7 Å². The molecule has 0 radical (unpaired) electrons. The van der Waals surface area contributed by atoms with Crippen LogP contribution < -0.4 is 5.32 Å². The first-order chi connectivity index (χ1) is 13.3. The Morgan fingerprint density at radius 1 is 1.15 bits per heavy atom. The molecule has 1 aliphatic rings. The summed E-state index contributed by atoms with van der Waals surface area (Å²) in [4.78, 5) is 8.43. The van der Waals surface area contributed by atoms with E-state index in [2.05, 4.69) is 63.4 Å². The first-order valence-electron chi connectivity index (χ1n) is 9.40. The van der Waals surface area contributed by atoms with Crippen LogP contribution in [0.5, 0.6) is 0 Å². The second-order valence-electron chi connectivity index (χ2n) is 7.06. The lowest BCUT2D eigenvalue weighted by atomic mass is 9.92. The highest BCUT2D eigenvalue weighted by atomic mass is 32.1. The first-order valence-corrected chi connectivity index (χ1v) is 11.2. The summed E-state index contributed by atoms with van der Waals surface area (Å²) in [5.74, 6) is 0.262. The maximum Gasteiger partial charge on any atom is 0.133 e. The van der Waals surface area contributed by atoms with Crippen molar-refractivity contribution in [2.75, 3.05) is 19.7 Å². The summed E-state index contributed by atoms with van der Waals surface area (Å²) in [6.45, 7) is 3.93. The van der Waals surface area contributed by atoms with Crippen molar-refractivity contribution in [3.63, 3.8) is 0 Å². The molecule has 4 nitrogen and oxygen atoms in total. The predicted octanol–water partition coefficient (Wildman–Crippen LogP) is 3.84. The maximum absolute atomic E-state index is 9.89. The van der Waals surface area contributed by atoms with Crippen LogP contribution in [0.4, 0.5) is 0 Å². The van der Waals surface area contributed by atoms with Crippen molar-refractivity contribution in [3.05, 3.63) is 64.5 Å². The van der Waals surface area contributed by atoms with Gasteiger partial charge in [0.2, 0.25) is 0 Å². The third-order valence-corrected chi connectivity index (χ3v) is 7.06. The summed E-state index contributed by atoms with van der Waals surface area (Å²) in [5.41, 5.74) is 2.43. The number of aliphatic hydroxyl groups excluding tert-OH is 1. The van der Waals surface area contributed by atoms with Gasteiger partial charge in [-0.05, 0) is 30.0 Å². The van der Waals surface area contributed by atoms with Gasteiger partial charge in [0.05, 0.1) is 10.6 Å². The van der Waals surface area contributed by atoms with E-state index in [1.165, 1.54) is 10.4 Å². The average Bonchev–Trinajstić information content (AvgIpc) is 3.39. The normalized spacial score (nSPS) is 20.8. The standard InChI is InChI=1S/C21H25N3OS2/c25-14-17-13-24(12-16-5-2-1-3-6-16)9-8-19(17)22-11-18-15-27-21(23-18)20-7-4-10-26-20/h1-7,10,15,17,19,22,25H,8-9,11-14H2. The number of likely N-dealkylation sites (tertiary alicyclic amines) is 1. The van der Waals surface area contributed by atoms with Crippen LogP contribution >= 0.6 is 22.7 Å². The number of hydrogen-bond acceptors (Lipinski definition) is 6. The lowest BCUT2D eigenvalue weighted by Crippen LogP contribution is -2.50. The van der Waals surface area contributed by atoms with E-state index in [9.17, 15) is 5.11 Å². The predicted molar refractivity (Wildman–Crippen MR) is 113 cm³/mol. The Morgan fingerprint density at radius 2 is 2.04 bits per heavy atom. The van der Waals surface area contributed by atoms with Gasteiger partial charge in [-0.1, -0.05) is 36.4 Å². The number of piperidine rings is 1. The van der Waals surface area contributed by atoms with Crippen LogP contribution in [-0.4, -0.2) is 40.7 Å². The van der Waals surface area contributed by atoms with Gasteiger partial charge in [-0.3, -0.25) is 4.90 Å². The number of thiazole rings is 1. The molecule has 1 fully saturated rings. The molecule has 4 rings (SSSR count). The Bertz CT molecular complexity index is 819. The third-order valence-electron chi connectivity index (χ3n) is 5.13. The molecule has 3 heterocycles. The molecule has 3 aromatic rings. The fourth-order valence-corrected chi connectivity index (χ4v) is 5.32. The van der Waals surface area contributed by atoms with Crippen molar-refractivity contribution in [1.82, 2.24) is 15.2 Å². The number of hydrogen-bond donors (Lipinski definition) is 2. The molecule has 1 aliphatic heterocycles. The van der Waals surface area contributed by atoms with E-state index in [0.29, 0.717) is 6.04 Å². The number of rotatable bonds is 7. The molecular formula is C21H25N3OS2. The van der Waals surface area contributed by atoms with Gasteiger partial charge in [-0.15, -0.1) is 22.7 Å². The molecule has 0 aliphatic carbocycles. The molecule has 1 aromatic carbocycles. The van der Waals surface area contributed by atoms with Crippen molar-refractivity contribution in [3.8, 4) is 9.88 Å². The molecule has 2 atom stereocenters. The van der Waals surface area contributed by atoms with E-state index in [1.807, 2.05) is 0 Å². The van der Waals surface area contributed by atoms with Crippen LogP contribution in [0.1, 0.15) is 17.7 Å². The molecule has 0 saturated carbocycles. The van der Waals surface area contributed by atoms with Gasteiger partial charge in [0.1, 0.15) is 5.01 Å². The number of aromatic nitrogens is 1. The minimum absolute atomic E-state index is 0.223. The van der Waals surface area contributed by atoms with E-state index < -0.39 is 0 Å². The van der Waals surface area contributed by atoms with Gasteiger partial charge in [-0.2, -0.15) is 0 Å². The van der Waals surface area contributed by atoms with Gasteiger partial charge >= 0.3 is 0 Å².